The van der Waals surface area contributed by atoms with Crippen molar-refractivity contribution < 1.29 is 4.79 Å². The van der Waals surface area contributed by atoms with E-state index in [0.717, 1.165) is 15.8 Å². The average molecular weight is 260 g/mol. The van der Waals surface area contributed by atoms with Gasteiger partial charge in [0.2, 0.25) is 5.91 Å². The van der Waals surface area contributed by atoms with E-state index in [9.17, 15) is 4.79 Å². The summed E-state index contributed by atoms with van der Waals surface area (Å²) in [7, 11) is 0. The van der Waals surface area contributed by atoms with Crippen LogP contribution in [0.4, 0.5) is 0 Å². The van der Waals surface area contributed by atoms with Gasteiger partial charge in [0.15, 0.2) is 0 Å². The van der Waals surface area contributed by atoms with Gasteiger partial charge in [-0.1, -0.05) is 18.2 Å². The van der Waals surface area contributed by atoms with E-state index in [4.69, 9.17) is 0 Å². The third-order valence-corrected chi connectivity index (χ3v) is 3.45. The molecular weight excluding hydrogens is 244 g/mol. The van der Waals surface area contributed by atoms with Crippen LogP contribution in [-0.2, 0) is 4.79 Å². The Morgan fingerprint density at radius 1 is 1.33 bits per heavy atom. The van der Waals surface area contributed by atoms with Crippen molar-refractivity contribution in [3.05, 3.63) is 36.5 Å². The van der Waals surface area contributed by atoms with Gasteiger partial charge < -0.3 is 5.32 Å². The van der Waals surface area contributed by atoms with Gasteiger partial charge >= 0.3 is 0 Å². The van der Waals surface area contributed by atoms with Crippen LogP contribution in [0.15, 0.2) is 41.4 Å². The van der Waals surface area contributed by atoms with E-state index in [2.05, 4.69) is 10.3 Å². The van der Waals surface area contributed by atoms with E-state index < -0.39 is 0 Å². The maximum absolute atomic E-state index is 11.6. The van der Waals surface area contributed by atoms with E-state index in [0.29, 0.717) is 5.75 Å². The molecular formula is C14H16N2OS. The van der Waals surface area contributed by atoms with Gasteiger partial charge in [-0.25, -0.2) is 0 Å². The highest BCUT2D eigenvalue weighted by molar-refractivity contribution is 8.00. The number of carbonyl (C=O) groups excluding carboxylic acids is 1. The van der Waals surface area contributed by atoms with Crippen LogP contribution in [0.5, 0.6) is 0 Å². The number of nitrogens with one attached hydrogen (secondary N) is 1. The first-order chi connectivity index (χ1) is 8.66. The number of hydrogen-bond acceptors (Lipinski definition) is 3. The highest BCUT2D eigenvalue weighted by atomic mass is 32.2. The van der Waals surface area contributed by atoms with Crippen LogP contribution in [0.25, 0.3) is 10.9 Å². The predicted octanol–water partition coefficient (Wildman–Crippen LogP) is 2.85. The van der Waals surface area contributed by atoms with Crippen LogP contribution in [0, 0.1) is 0 Å². The van der Waals surface area contributed by atoms with Crippen molar-refractivity contribution in [2.45, 2.75) is 24.8 Å². The monoisotopic (exact) mass is 260 g/mol. The van der Waals surface area contributed by atoms with Gasteiger partial charge in [-0.05, 0) is 26.0 Å². The van der Waals surface area contributed by atoms with E-state index in [1.165, 1.54) is 11.8 Å². The molecule has 0 fully saturated rings. The van der Waals surface area contributed by atoms with Crippen LogP contribution in [0.2, 0.25) is 0 Å². The molecule has 0 aliphatic carbocycles. The van der Waals surface area contributed by atoms with Gasteiger partial charge in [0.05, 0.1) is 11.3 Å². The summed E-state index contributed by atoms with van der Waals surface area (Å²) in [5.74, 6) is 0.483. The molecule has 94 valence electrons. The number of nitrogens with zero attached hydrogens (tertiary/aromatic N) is 1. The van der Waals surface area contributed by atoms with Crippen molar-refractivity contribution in [2.24, 2.45) is 0 Å². The number of benzene rings is 1. The summed E-state index contributed by atoms with van der Waals surface area (Å²) in [6, 6.07) is 10.2. The molecule has 2 aromatic rings. The third-order valence-electron chi connectivity index (χ3n) is 2.40. The highest BCUT2D eigenvalue weighted by Crippen LogP contribution is 2.25. The number of fused-ring (bicyclic) bond motifs is 1. The fraction of sp³-hybridized carbons (Fsp3) is 0.286. The number of rotatable bonds is 4. The fourth-order valence-electron chi connectivity index (χ4n) is 1.70. The van der Waals surface area contributed by atoms with Crippen molar-refractivity contribution in [2.75, 3.05) is 5.75 Å². The molecule has 0 radical (unpaired) electrons. The van der Waals surface area contributed by atoms with Gasteiger partial charge in [-0.15, -0.1) is 11.8 Å². The minimum Gasteiger partial charge on any atom is -0.353 e. The minimum absolute atomic E-state index is 0.0583. The van der Waals surface area contributed by atoms with Crippen molar-refractivity contribution in [1.29, 1.82) is 0 Å². The number of thioether (sulfide) groups is 1. The number of para-hydroxylation sites is 1. The first-order valence-electron chi connectivity index (χ1n) is 5.93. The largest absolute Gasteiger partial charge is 0.353 e. The van der Waals surface area contributed by atoms with Gasteiger partial charge in [0, 0.05) is 22.5 Å². The zero-order valence-corrected chi connectivity index (χ0v) is 11.3. The molecule has 1 aromatic heterocycles. The number of pyridine rings is 1. The zero-order valence-electron chi connectivity index (χ0n) is 10.5. The Balaban J connectivity index is 2.10. The molecule has 0 unspecified atom stereocenters. The molecule has 0 bridgehead atoms. The van der Waals surface area contributed by atoms with Gasteiger partial charge in [-0.3, -0.25) is 9.78 Å². The van der Waals surface area contributed by atoms with E-state index in [1.807, 2.05) is 44.2 Å². The molecule has 1 aromatic carbocycles. The van der Waals surface area contributed by atoms with Crippen LogP contribution >= 0.6 is 11.8 Å². The third kappa shape index (κ3) is 3.23. The van der Waals surface area contributed by atoms with Crippen LogP contribution < -0.4 is 5.32 Å². The topological polar surface area (TPSA) is 42.0 Å². The molecule has 18 heavy (non-hydrogen) atoms. The van der Waals surface area contributed by atoms with Crippen LogP contribution in [0.1, 0.15) is 13.8 Å². The van der Waals surface area contributed by atoms with Crippen molar-refractivity contribution in [3.8, 4) is 0 Å². The Bertz CT molecular complexity index is 549. The minimum atomic E-state index is 0.0583. The molecule has 0 saturated heterocycles. The Morgan fingerprint density at radius 3 is 2.89 bits per heavy atom. The average Bonchev–Trinajstić information content (AvgIpc) is 2.35. The van der Waals surface area contributed by atoms with Gasteiger partial charge in [0.1, 0.15) is 0 Å². The molecule has 0 spiro atoms. The molecule has 0 saturated carbocycles. The summed E-state index contributed by atoms with van der Waals surface area (Å²) in [5, 5.41) is 3.98. The van der Waals surface area contributed by atoms with Crippen molar-refractivity contribution >= 4 is 28.6 Å². The Morgan fingerprint density at radius 2 is 2.11 bits per heavy atom. The standard InChI is InChI=1S/C14H16N2OS/c1-10(2)16-13(17)9-18-12-7-3-5-11-6-4-8-15-14(11)12/h3-8,10H,9H2,1-2H3,(H,16,17). The summed E-state index contributed by atoms with van der Waals surface area (Å²) in [5.41, 5.74) is 0.961. The molecule has 1 N–H and O–H groups in total. The lowest BCUT2D eigenvalue weighted by molar-refractivity contribution is -0.119. The first kappa shape index (κ1) is 12.9. The number of carbonyl (C=O) groups is 1. The Hall–Kier alpha value is -1.55. The van der Waals surface area contributed by atoms with Gasteiger partial charge in [-0.2, -0.15) is 0 Å². The van der Waals surface area contributed by atoms with Gasteiger partial charge in [0.25, 0.3) is 0 Å². The zero-order chi connectivity index (χ0) is 13.0. The molecule has 4 heteroatoms. The number of amides is 1. The molecule has 0 aliphatic rings. The lowest BCUT2D eigenvalue weighted by Crippen LogP contribution is -2.31. The van der Waals surface area contributed by atoms with Crippen LogP contribution in [-0.4, -0.2) is 22.7 Å². The quantitative estimate of drug-likeness (QED) is 0.859. The predicted molar refractivity (Wildman–Crippen MR) is 75.7 cm³/mol. The maximum Gasteiger partial charge on any atom is 0.230 e. The molecule has 2 rings (SSSR count). The summed E-state index contributed by atoms with van der Waals surface area (Å²) in [6.45, 7) is 3.92. The summed E-state index contributed by atoms with van der Waals surface area (Å²) in [6.07, 6.45) is 1.78. The van der Waals surface area contributed by atoms with Crippen molar-refractivity contribution in [3.63, 3.8) is 0 Å². The summed E-state index contributed by atoms with van der Waals surface area (Å²) >= 11 is 1.53. The molecule has 1 amide bonds. The molecule has 0 atom stereocenters. The second-order valence-electron chi connectivity index (χ2n) is 4.34. The van der Waals surface area contributed by atoms with E-state index in [-0.39, 0.29) is 11.9 Å². The second-order valence-corrected chi connectivity index (χ2v) is 5.36. The highest BCUT2D eigenvalue weighted by Gasteiger charge is 2.07. The second kappa shape index (κ2) is 5.87. The fourth-order valence-corrected chi connectivity index (χ4v) is 2.55. The van der Waals surface area contributed by atoms with E-state index >= 15 is 0 Å². The number of hydrogen-bond donors (Lipinski definition) is 1. The molecule has 1 heterocycles. The first-order valence-corrected chi connectivity index (χ1v) is 6.91. The lowest BCUT2D eigenvalue weighted by Gasteiger charge is -2.08. The SMILES string of the molecule is CC(C)NC(=O)CSc1cccc2cccnc12. The lowest BCUT2D eigenvalue weighted by atomic mass is 10.2. The van der Waals surface area contributed by atoms with Crippen molar-refractivity contribution in [1.82, 2.24) is 10.3 Å². The summed E-state index contributed by atoms with van der Waals surface area (Å²) < 4.78 is 0. The summed E-state index contributed by atoms with van der Waals surface area (Å²) in [4.78, 5) is 17.0. The Kier molecular flexibility index (Phi) is 4.20. The normalized spacial score (nSPS) is 10.8. The van der Waals surface area contributed by atoms with E-state index in [1.54, 1.807) is 6.20 Å². The Labute approximate surface area is 111 Å². The molecule has 0 aliphatic heterocycles. The molecule has 3 nitrogen and oxygen atoms in total. The van der Waals surface area contributed by atoms with Crippen LogP contribution in [0.3, 0.4) is 0 Å². The smallest absolute Gasteiger partial charge is 0.230 e. The number of aromatic nitrogens is 1. The maximum atomic E-state index is 11.6.